The van der Waals surface area contributed by atoms with Crippen molar-refractivity contribution < 1.29 is 13.9 Å². The molecule has 1 aromatic heterocycles. The van der Waals surface area contributed by atoms with Gasteiger partial charge < -0.3 is 13.9 Å². The number of benzene rings is 4. The van der Waals surface area contributed by atoms with Gasteiger partial charge in [-0.15, -0.1) is 10.2 Å². The minimum absolute atomic E-state index is 0.509. The lowest BCUT2D eigenvalue weighted by molar-refractivity contribution is 0.305. The molecular weight excluding hydrogens is 484 g/mol. The molecule has 0 fully saturated rings. The monoisotopic (exact) mass is 522 g/mol. The van der Waals surface area contributed by atoms with E-state index in [1.165, 1.54) is 38.5 Å². The van der Waals surface area contributed by atoms with Crippen molar-refractivity contribution in [1.29, 1.82) is 0 Å². The highest BCUT2D eigenvalue weighted by Gasteiger charge is 2.12. The molecule has 1 heterocycles. The molecule has 0 unspecified atom stereocenters. The van der Waals surface area contributed by atoms with E-state index in [4.69, 9.17) is 13.9 Å². The first-order chi connectivity index (χ1) is 19.2. The molecule has 202 valence electrons. The summed E-state index contributed by atoms with van der Waals surface area (Å²) in [6.07, 6.45) is 9.61. The van der Waals surface area contributed by atoms with Crippen molar-refractivity contribution in [3.8, 4) is 34.4 Å². The average Bonchev–Trinajstić information content (AvgIpc) is 3.47. The van der Waals surface area contributed by atoms with Crippen LogP contribution in [0.4, 0.5) is 0 Å². The lowest BCUT2D eigenvalue weighted by Gasteiger charge is -2.08. The Balaban J connectivity index is 1.25. The molecule has 4 aromatic carbocycles. The standard InChI is InChI=1S/C34H38N2O3/c1-3-5-7-9-19-37-31-17-15-25-21-29(13-11-27(25)23-31)33-35-36-34(39-33)30-14-12-28-24-32(18-16-26(28)22-30)38-20-10-8-6-4-2/h11-18,21-24H,3-10,19-20H2,1-2H3. The maximum Gasteiger partial charge on any atom is 0.248 e. The zero-order chi connectivity index (χ0) is 26.9. The van der Waals surface area contributed by atoms with E-state index in [1.807, 2.05) is 24.3 Å². The fourth-order valence-corrected chi connectivity index (χ4v) is 4.79. The third kappa shape index (κ3) is 6.97. The van der Waals surface area contributed by atoms with E-state index < -0.39 is 0 Å². The van der Waals surface area contributed by atoms with Crippen LogP contribution in [-0.4, -0.2) is 23.4 Å². The first-order valence-corrected chi connectivity index (χ1v) is 14.4. The minimum atomic E-state index is 0.509. The first kappa shape index (κ1) is 26.7. The normalized spacial score (nSPS) is 11.3. The number of hydrogen-bond acceptors (Lipinski definition) is 5. The molecule has 0 radical (unpaired) electrons. The SMILES string of the molecule is CCCCCCOc1ccc2cc(-c3nnc(-c4ccc5cc(OCCCCCC)ccc5c4)o3)ccc2c1. The Morgan fingerprint density at radius 2 is 0.949 bits per heavy atom. The van der Waals surface area contributed by atoms with Gasteiger partial charge in [-0.3, -0.25) is 0 Å². The van der Waals surface area contributed by atoms with E-state index in [1.54, 1.807) is 0 Å². The molecule has 5 nitrogen and oxygen atoms in total. The van der Waals surface area contributed by atoms with Gasteiger partial charge in [0.25, 0.3) is 0 Å². The largest absolute Gasteiger partial charge is 0.494 e. The highest BCUT2D eigenvalue weighted by molar-refractivity contribution is 5.88. The summed E-state index contributed by atoms with van der Waals surface area (Å²) in [5.41, 5.74) is 1.80. The Hall–Kier alpha value is -3.86. The van der Waals surface area contributed by atoms with Crippen LogP contribution in [0.25, 0.3) is 44.5 Å². The fraction of sp³-hybridized carbons (Fsp3) is 0.353. The Kier molecular flexibility index (Phi) is 9.10. The fourth-order valence-electron chi connectivity index (χ4n) is 4.79. The van der Waals surface area contributed by atoms with Gasteiger partial charge in [-0.25, -0.2) is 0 Å². The molecule has 0 aliphatic heterocycles. The molecule has 0 spiro atoms. The summed E-state index contributed by atoms with van der Waals surface area (Å²) in [5.74, 6) is 2.84. The summed E-state index contributed by atoms with van der Waals surface area (Å²) in [6, 6.07) is 24.8. The Morgan fingerprint density at radius 3 is 1.41 bits per heavy atom. The number of nitrogens with zero attached hydrogens (tertiary/aromatic N) is 2. The molecule has 0 saturated carbocycles. The number of fused-ring (bicyclic) bond motifs is 2. The molecule has 39 heavy (non-hydrogen) atoms. The van der Waals surface area contributed by atoms with Gasteiger partial charge >= 0.3 is 0 Å². The van der Waals surface area contributed by atoms with Crippen LogP contribution in [0, 0.1) is 0 Å². The predicted octanol–water partition coefficient (Wildman–Crippen LogP) is 9.63. The van der Waals surface area contributed by atoms with Crippen LogP contribution in [0.1, 0.15) is 65.2 Å². The molecule has 0 bridgehead atoms. The number of rotatable bonds is 14. The summed E-state index contributed by atoms with van der Waals surface area (Å²) in [6.45, 7) is 5.96. The number of hydrogen-bond donors (Lipinski definition) is 0. The van der Waals surface area contributed by atoms with E-state index in [2.05, 4.69) is 72.6 Å². The Bertz CT molecular complexity index is 1400. The van der Waals surface area contributed by atoms with Crippen molar-refractivity contribution in [2.75, 3.05) is 13.2 Å². The van der Waals surface area contributed by atoms with E-state index in [9.17, 15) is 0 Å². The molecule has 0 aliphatic rings. The van der Waals surface area contributed by atoms with Crippen LogP contribution in [0.3, 0.4) is 0 Å². The number of aromatic nitrogens is 2. The van der Waals surface area contributed by atoms with Crippen molar-refractivity contribution in [1.82, 2.24) is 10.2 Å². The van der Waals surface area contributed by atoms with Crippen LogP contribution in [0.15, 0.2) is 77.2 Å². The van der Waals surface area contributed by atoms with Crippen molar-refractivity contribution in [2.45, 2.75) is 65.2 Å². The third-order valence-corrected chi connectivity index (χ3v) is 7.08. The van der Waals surface area contributed by atoms with Gasteiger partial charge in [0.05, 0.1) is 13.2 Å². The van der Waals surface area contributed by atoms with Gasteiger partial charge in [0.2, 0.25) is 11.8 Å². The second kappa shape index (κ2) is 13.3. The molecular formula is C34H38N2O3. The molecule has 0 N–H and O–H groups in total. The topological polar surface area (TPSA) is 57.4 Å². The van der Waals surface area contributed by atoms with Gasteiger partial charge in [0.1, 0.15) is 11.5 Å². The summed E-state index contributed by atoms with van der Waals surface area (Å²) >= 11 is 0. The quantitative estimate of drug-likeness (QED) is 0.136. The van der Waals surface area contributed by atoms with Crippen LogP contribution in [0.5, 0.6) is 11.5 Å². The zero-order valence-electron chi connectivity index (χ0n) is 23.1. The number of unbranched alkanes of at least 4 members (excludes halogenated alkanes) is 6. The summed E-state index contributed by atoms with van der Waals surface area (Å²) < 4.78 is 18.0. The van der Waals surface area contributed by atoms with E-state index >= 15 is 0 Å². The zero-order valence-corrected chi connectivity index (χ0v) is 23.1. The molecule has 5 heteroatoms. The van der Waals surface area contributed by atoms with Crippen LogP contribution >= 0.6 is 0 Å². The highest BCUT2D eigenvalue weighted by Crippen LogP contribution is 2.30. The van der Waals surface area contributed by atoms with Gasteiger partial charge in [-0.05, 0) is 82.9 Å². The van der Waals surface area contributed by atoms with Crippen molar-refractivity contribution in [3.05, 3.63) is 72.8 Å². The second-order valence-corrected chi connectivity index (χ2v) is 10.2. The lowest BCUT2D eigenvalue weighted by Crippen LogP contribution is -1.97. The van der Waals surface area contributed by atoms with Gasteiger partial charge in [-0.2, -0.15) is 0 Å². The smallest absolute Gasteiger partial charge is 0.248 e. The maximum absolute atomic E-state index is 6.10. The van der Waals surface area contributed by atoms with Crippen molar-refractivity contribution >= 4 is 21.5 Å². The minimum Gasteiger partial charge on any atom is -0.494 e. The van der Waals surface area contributed by atoms with Crippen molar-refractivity contribution in [2.24, 2.45) is 0 Å². The van der Waals surface area contributed by atoms with Crippen LogP contribution in [0.2, 0.25) is 0 Å². The molecule has 0 atom stereocenters. The first-order valence-electron chi connectivity index (χ1n) is 14.4. The Morgan fingerprint density at radius 1 is 0.513 bits per heavy atom. The van der Waals surface area contributed by atoms with Gasteiger partial charge in [0, 0.05) is 11.1 Å². The molecule has 5 rings (SSSR count). The van der Waals surface area contributed by atoms with E-state index in [0.717, 1.165) is 70.2 Å². The lowest BCUT2D eigenvalue weighted by atomic mass is 10.1. The maximum atomic E-state index is 6.10. The molecule has 0 saturated heterocycles. The van der Waals surface area contributed by atoms with Gasteiger partial charge in [0.15, 0.2) is 0 Å². The van der Waals surface area contributed by atoms with Gasteiger partial charge in [-0.1, -0.05) is 76.6 Å². The molecule has 5 aromatic rings. The van der Waals surface area contributed by atoms with Crippen LogP contribution < -0.4 is 9.47 Å². The van der Waals surface area contributed by atoms with Crippen LogP contribution in [-0.2, 0) is 0 Å². The summed E-state index contributed by atoms with van der Waals surface area (Å²) in [5, 5.41) is 13.2. The average molecular weight is 523 g/mol. The number of ether oxygens (including phenoxy) is 2. The second-order valence-electron chi connectivity index (χ2n) is 10.2. The predicted molar refractivity (Wildman–Crippen MR) is 159 cm³/mol. The van der Waals surface area contributed by atoms with E-state index in [0.29, 0.717) is 11.8 Å². The summed E-state index contributed by atoms with van der Waals surface area (Å²) in [4.78, 5) is 0. The summed E-state index contributed by atoms with van der Waals surface area (Å²) in [7, 11) is 0. The van der Waals surface area contributed by atoms with Crippen molar-refractivity contribution in [3.63, 3.8) is 0 Å². The molecule has 0 amide bonds. The third-order valence-electron chi connectivity index (χ3n) is 7.08. The Labute approximate surface area is 231 Å². The highest BCUT2D eigenvalue weighted by atomic mass is 16.5. The molecule has 0 aliphatic carbocycles. The van der Waals surface area contributed by atoms with E-state index in [-0.39, 0.29) is 0 Å².